The Bertz CT molecular complexity index is 1650. The Kier molecular flexibility index (Phi) is 9.48. The Morgan fingerprint density at radius 2 is 1.56 bits per heavy atom. The summed E-state index contributed by atoms with van der Waals surface area (Å²) in [6.07, 6.45) is 1.05. The molecule has 3 aromatic rings. The fourth-order valence-corrected chi connectivity index (χ4v) is 8.78. The predicted octanol–water partition coefficient (Wildman–Crippen LogP) is 6.80. The highest BCUT2D eigenvalue weighted by molar-refractivity contribution is 7.87. The lowest BCUT2D eigenvalue weighted by molar-refractivity contribution is -0.0383. The van der Waals surface area contributed by atoms with Crippen molar-refractivity contribution in [3.05, 3.63) is 35.2 Å². The summed E-state index contributed by atoms with van der Waals surface area (Å²) in [5.41, 5.74) is 8.69. The Balaban J connectivity index is 1.69. The molecule has 3 atom stereocenters. The van der Waals surface area contributed by atoms with Gasteiger partial charge in [0.15, 0.2) is 27.8 Å². The normalized spacial score (nSPS) is 20.2. The molecule has 2 N–H and O–H groups in total. The van der Waals surface area contributed by atoms with Gasteiger partial charge in [-0.1, -0.05) is 59.2 Å². The van der Waals surface area contributed by atoms with E-state index in [1.54, 1.807) is 36.9 Å². The third kappa shape index (κ3) is 7.30. The van der Waals surface area contributed by atoms with Crippen LogP contribution in [0.25, 0.3) is 11.2 Å². The zero-order chi connectivity index (χ0) is 33.9. The third-order valence-electron chi connectivity index (χ3n) is 9.61. The summed E-state index contributed by atoms with van der Waals surface area (Å²) in [5, 5.41) is 0.0490. The molecule has 1 fully saturated rings. The maximum atomic E-state index is 13.5. The molecule has 1 unspecified atom stereocenters. The fraction of sp³-hybridized carbons (Fsp3) is 0.645. The van der Waals surface area contributed by atoms with Crippen LogP contribution in [0, 0.1) is 20.8 Å². The lowest BCUT2D eigenvalue weighted by Crippen LogP contribution is -2.48. The summed E-state index contributed by atoms with van der Waals surface area (Å²) in [6.45, 7) is 28.0. The van der Waals surface area contributed by atoms with E-state index in [4.69, 9.17) is 23.5 Å². The van der Waals surface area contributed by atoms with Crippen LogP contribution in [0.1, 0.15) is 70.9 Å². The number of hydrogen-bond acceptors (Lipinski definition) is 10. The van der Waals surface area contributed by atoms with Gasteiger partial charge in [0.1, 0.15) is 17.2 Å². The molecule has 1 saturated heterocycles. The van der Waals surface area contributed by atoms with Crippen LogP contribution in [0.15, 0.2) is 23.4 Å². The lowest BCUT2D eigenvalue weighted by Gasteiger charge is -2.40. The van der Waals surface area contributed by atoms with Gasteiger partial charge in [-0.15, -0.1) is 0 Å². The van der Waals surface area contributed by atoms with E-state index in [1.807, 2.05) is 6.92 Å². The monoisotopic (exact) mass is 677 g/mol. The second-order valence-corrected chi connectivity index (χ2v) is 26.4. The summed E-state index contributed by atoms with van der Waals surface area (Å²) in [7, 11) is -8.47. The number of rotatable bonds is 9. The largest absolute Gasteiger partial charge is 0.414 e. The molecule has 1 aromatic carbocycles. The van der Waals surface area contributed by atoms with Crippen LogP contribution < -0.4 is 9.92 Å². The second-order valence-electron chi connectivity index (χ2n) is 15.3. The van der Waals surface area contributed by atoms with Crippen LogP contribution >= 0.6 is 0 Å². The van der Waals surface area contributed by atoms with E-state index in [0.717, 1.165) is 5.56 Å². The molecular formula is C31H51N5O6SSi2. The Morgan fingerprint density at radius 1 is 0.978 bits per heavy atom. The van der Waals surface area contributed by atoms with Crippen molar-refractivity contribution in [2.45, 2.75) is 128 Å². The van der Waals surface area contributed by atoms with Gasteiger partial charge >= 0.3 is 10.1 Å². The molecular weight excluding hydrogens is 627 g/mol. The van der Waals surface area contributed by atoms with Crippen molar-refractivity contribution in [1.29, 1.82) is 0 Å². The molecule has 0 saturated carbocycles. The number of fused-ring (bicyclic) bond motifs is 1. The molecule has 0 bridgehead atoms. The average molecular weight is 678 g/mol. The van der Waals surface area contributed by atoms with Crippen molar-refractivity contribution in [2.24, 2.45) is 0 Å². The number of nitrogens with two attached hydrogens (primary N) is 1. The van der Waals surface area contributed by atoms with E-state index < -0.39 is 33.0 Å². The highest BCUT2D eigenvalue weighted by Crippen LogP contribution is 2.43. The molecule has 11 nitrogen and oxygen atoms in total. The molecule has 0 aliphatic carbocycles. The predicted molar refractivity (Wildman–Crippen MR) is 182 cm³/mol. The molecule has 2 aromatic heterocycles. The number of anilines is 1. The number of nitrogens with zero attached hydrogens (tertiary/aromatic N) is 4. The summed E-state index contributed by atoms with van der Waals surface area (Å²) in [6, 6.07) is 3.60. The van der Waals surface area contributed by atoms with Crippen LogP contribution in [-0.4, -0.2) is 63.4 Å². The van der Waals surface area contributed by atoms with Gasteiger partial charge in [0, 0.05) is 6.42 Å². The first kappa shape index (κ1) is 35.5. The number of nitrogen functional groups attached to an aromatic ring is 1. The van der Waals surface area contributed by atoms with Crippen molar-refractivity contribution in [3.63, 3.8) is 0 Å². The maximum Gasteiger partial charge on any atom is 0.341 e. The summed E-state index contributed by atoms with van der Waals surface area (Å²) in [4.78, 5) is 13.1. The number of hydrogen-bond donors (Lipinski definition) is 1. The van der Waals surface area contributed by atoms with E-state index in [-0.39, 0.29) is 44.5 Å². The minimum atomic E-state index is -4.25. The fourth-order valence-electron chi connectivity index (χ4n) is 5.09. The van der Waals surface area contributed by atoms with Gasteiger partial charge < -0.3 is 23.5 Å². The van der Waals surface area contributed by atoms with Gasteiger partial charge in [-0.05, 0) is 68.2 Å². The minimum Gasteiger partial charge on any atom is -0.414 e. The molecule has 0 radical (unpaired) electrons. The first-order chi connectivity index (χ1) is 20.4. The van der Waals surface area contributed by atoms with Crippen LogP contribution in [0.3, 0.4) is 0 Å². The summed E-state index contributed by atoms with van der Waals surface area (Å²) in [5.74, 6) is -0.378. The number of aromatic nitrogens is 4. The van der Waals surface area contributed by atoms with E-state index in [2.05, 4.69) is 82.7 Å². The van der Waals surface area contributed by atoms with Crippen molar-refractivity contribution in [2.75, 3.05) is 12.3 Å². The molecule has 1 aliphatic rings. The molecule has 14 heteroatoms. The van der Waals surface area contributed by atoms with Crippen molar-refractivity contribution >= 4 is 43.9 Å². The van der Waals surface area contributed by atoms with Gasteiger partial charge in [0.2, 0.25) is 5.95 Å². The number of ether oxygens (including phenoxy) is 1. The molecule has 0 spiro atoms. The second kappa shape index (κ2) is 12.0. The van der Waals surface area contributed by atoms with E-state index in [0.29, 0.717) is 29.8 Å². The van der Waals surface area contributed by atoms with Crippen LogP contribution in [-0.2, 0) is 23.7 Å². The molecule has 1 aliphatic heterocycles. The topological polar surface area (TPSA) is 141 Å². The number of aryl methyl sites for hydroxylation is 3. The van der Waals surface area contributed by atoms with Crippen molar-refractivity contribution < 1.29 is 26.2 Å². The highest BCUT2D eigenvalue weighted by Gasteiger charge is 2.47. The summed E-state index contributed by atoms with van der Waals surface area (Å²) < 4.78 is 54.5. The Morgan fingerprint density at radius 3 is 2.11 bits per heavy atom. The lowest BCUT2D eigenvalue weighted by atomic mass is 10.1. The van der Waals surface area contributed by atoms with Gasteiger partial charge in [0.05, 0.1) is 19.0 Å². The molecule has 0 amide bonds. The molecule has 4 rings (SSSR count). The quantitative estimate of drug-likeness (QED) is 0.190. The van der Waals surface area contributed by atoms with Crippen LogP contribution in [0.4, 0.5) is 5.95 Å². The minimum absolute atomic E-state index is 0.00515. The summed E-state index contributed by atoms with van der Waals surface area (Å²) >= 11 is 0. The zero-order valence-electron chi connectivity index (χ0n) is 29.1. The first-order valence-electron chi connectivity index (χ1n) is 15.4. The SMILES string of the molecule is Cc1cc(C)c(S(=O)(=O)Oc2nc(N)nc3c2ncn3[C@H]2CC(O[Si](C)(C)C(C)(C)C)[C@@H](CO[Si](C)(C)C(C)(C)C)O2)c(C)c1. The Hall–Kier alpha value is -2.37. The van der Waals surface area contributed by atoms with Gasteiger partial charge in [-0.2, -0.15) is 18.4 Å². The van der Waals surface area contributed by atoms with Gasteiger partial charge in [-0.25, -0.2) is 4.98 Å². The van der Waals surface area contributed by atoms with Gasteiger partial charge in [0.25, 0.3) is 5.88 Å². The maximum absolute atomic E-state index is 13.5. The molecule has 45 heavy (non-hydrogen) atoms. The third-order valence-corrected chi connectivity index (χ3v) is 20.1. The standard InChI is InChI=1S/C31H51N5O6SSi2/c1-19-14-20(2)26(21(3)15-19)43(37,38)41-28-25-27(34-29(32)35-28)36(18-33-25)24-16-22(42-45(12,13)31(7,8)9)23(40-24)17-39-44(10,11)30(4,5)6/h14-15,18,22-24H,16-17H2,1-13H3,(H2,32,34,35)/t22?,23-,24-/m1/s1. The first-order valence-corrected chi connectivity index (χ1v) is 22.7. The Labute approximate surface area is 270 Å². The zero-order valence-corrected chi connectivity index (χ0v) is 31.9. The number of imidazole rings is 1. The smallest absolute Gasteiger partial charge is 0.341 e. The van der Waals surface area contributed by atoms with E-state index in [1.165, 1.54) is 0 Å². The van der Waals surface area contributed by atoms with E-state index >= 15 is 0 Å². The number of benzene rings is 1. The van der Waals surface area contributed by atoms with Crippen molar-refractivity contribution in [3.8, 4) is 5.88 Å². The van der Waals surface area contributed by atoms with E-state index in [9.17, 15) is 8.42 Å². The van der Waals surface area contributed by atoms with Crippen LogP contribution in [0.2, 0.25) is 36.3 Å². The highest BCUT2D eigenvalue weighted by atomic mass is 32.2. The average Bonchev–Trinajstić information content (AvgIpc) is 3.43. The van der Waals surface area contributed by atoms with Crippen molar-refractivity contribution in [1.82, 2.24) is 19.5 Å². The van der Waals surface area contributed by atoms with Crippen LogP contribution in [0.5, 0.6) is 5.88 Å². The van der Waals surface area contributed by atoms with Gasteiger partial charge in [-0.3, -0.25) is 4.57 Å². The molecule has 250 valence electrons. The molecule has 3 heterocycles.